The summed E-state index contributed by atoms with van der Waals surface area (Å²) in [6.07, 6.45) is -0.278. The van der Waals surface area contributed by atoms with Gasteiger partial charge in [-0.25, -0.2) is 13.6 Å². The fourth-order valence-electron chi connectivity index (χ4n) is 2.87. The molecule has 3 aromatic carbocycles. The summed E-state index contributed by atoms with van der Waals surface area (Å²) < 4.78 is 38.4. The second-order valence-electron chi connectivity index (χ2n) is 6.98. The molecule has 0 bridgehead atoms. The van der Waals surface area contributed by atoms with Crippen LogP contribution in [0, 0.1) is 11.6 Å². The molecule has 0 saturated heterocycles. The Morgan fingerprint density at radius 2 is 1.68 bits per heavy atom. The fraction of sp³-hybridized carbons (Fsp3) is 0.167. The zero-order chi connectivity index (χ0) is 22.4. The number of nitrogens with one attached hydrogen (secondary N) is 1. The summed E-state index contributed by atoms with van der Waals surface area (Å²) in [4.78, 5) is 24.5. The highest BCUT2D eigenvalue weighted by Crippen LogP contribution is 2.27. The summed E-state index contributed by atoms with van der Waals surface area (Å²) in [5.74, 6) is -2.19. The van der Waals surface area contributed by atoms with E-state index >= 15 is 0 Å². The van der Waals surface area contributed by atoms with Gasteiger partial charge in [-0.1, -0.05) is 30.3 Å². The minimum absolute atomic E-state index is 0.212. The molecule has 0 aliphatic heterocycles. The number of carbonyl (C=O) groups is 2. The number of para-hydroxylation sites is 2. The van der Waals surface area contributed by atoms with Gasteiger partial charge < -0.3 is 14.8 Å². The van der Waals surface area contributed by atoms with Crippen molar-refractivity contribution in [2.75, 3.05) is 11.9 Å². The van der Waals surface area contributed by atoms with Crippen LogP contribution in [0.5, 0.6) is 5.75 Å². The third kappa shape index (κ3) is 5.88. The highest BCUT2D eigenvalue weighted by Gasteiger charge is 2.16. The molecular formula is C24H21F2NO4. The van der Waals surface area contributed by atoms with Crippen LogP contribution in [0.4, 0.5) is 14.5 Å². The smallest absolute Gasteiger partial charge is 0.344 e. The van der Waals surface area contributed by atoms with Crippen molar-refractivity contribution in [2.45, 2.75) is 20.0 Å². The third-order valence-electron chi connectivity index (χ3n) is 4.22. The highest BCUT2D eigenvalue weighted by molar-refractivity contribution is 6.05. The van der Waals surface area contributed by atoms with Gasteiger partial charge in [0.05, 0.1) is 17.4 Å². The van der Waals surface area contributed by atoms with Crippen molar-refractivity contribution in [1.29, 1.82) is 0 Å². The maximum Gasteiger partial charge on any atom is 0.344 e. The van der Waals surface area contributed by atoms with Crippen LogP contribution in [-0.2, 0) is 9.53 Å². The number of hydrogen-bond acceptors (Lipinski definition) is 4. The van der Waals surface area contributed by atoms with Gasteiger partial charge in [-0.2, -0.15) is 0 Å². The van der Waals surface area contributed by atoms with Crippen LogP contribution in [-0.4, -0.2) is 24.6 Å². The van der Waals surface area contributed by atoms with Gasteiger partial charge in [0.2, 0.25) is 0 Å². The van der Waals surface area contributed by atoms with Gasteiger partial charge >= 0.3 is 5.97 Å². The second-order valence-corrected chi connectivity index (χ2v) is 6.98. The molecule has 1 N–H and O–H groups in total. The highest BCUT2D eigenvalue weighted by atomic mass is 19.1. The number of amides is 1. The molecule has 0 atom stereocenters. The zero-order valence-electron chi connectivity index (χ0n) is 17.0. The van der Waals surface area contributed by atoms with E-state index in [1.54, 1.807) is 44.2 Å². The van der Waals surface area contributed by atoms with Crippen molar-refractivity contribution in [2.24, 2.45) is 0 Å². The summed E-state index contributed by atoms with van der Waals surface area (Å²) in [6.45, 7) is 3.10. The average Bonchev–Trinajstić information content (AvgIpc) is 2.73. The van der Waals surface area contributed by atoms with E-state index < -0.39 is 23.5 Å². The van der Waals surface area contributed by atoms with Crippen LogP contribution in [0.3, 0.4) is 0 Å². The van der Waals surface area contributed by atoms with E-state index in [-0.39, 0.29) is 29.7 Å². The van der Waals surface area contributed by atoms with Crippen molar-refractivity contribution in [3.05, 3.63) is 83.9 Å². The number of hydrogen-bond donors (Lipinski definition) is 1. The van der Waals surface area contributed by atoms with E-state index in [0.29, 0.717) is 11.1 Å². The molecule has 0 aliphatic rings. The van der Waals surface area contributed by atoms with E-state index in [4.69, 9.17) is 9.47 Å². The van der Waals surface area contributed by atoms with Crippen molar-refractivity contribution in [3.8, 4) is 16.9 Å². The Morgan fingerprint density at radius 3 is 2.42 bits per heavy atom. The lowest BCUT2D eigenvalue weighted by Gasteiger charge is -2.14. The Labute approximate surface area is 178 Å². The lowest BCUT2D eigenvalue weighted by Crippen LogP contribution is -2.20. The van der Waals surface area contributed by atoms with Gasteiger partial charge in [0, 0.05) is 0 Å². The number of esters is 1. The largest absolute Gasteiger partial charge is 0.480 e. The quantitative estimate of drug-likeness (QED) is 0.528. The first kappa shape index (κ1) is 22.0. The summed E-state index contributed by atoms with van der Waals surface area (Å²) in [7, 11) is 0. The van der Waals surface area contributed by atoms with Gasteiger partial charge in [-0.15, -0.1) is 0 Å². The predicted octanol–water partition coefficient (Wildman–Crippen LogP) is 5.21. The van der Waals surface area contributed by atoms with Crippen LogP contribution >= 0.6 is 0 Å². The summed E-state index contributed by atoms with van der Waals surface area (Å²) in [5, 5.41) is 2.59. The first-order valence-electron chi connectivity index (χ1n) is 9.61. The van der Waals surface area contributed by atoms with E-state index in [2.05, 4.69) is 5.32 Å². The van der Waals surface area contributed by atoms with Gasteiger partial charge in [0.1, 0.15) is 17.4 Å². The predicted molar refractivity (Wildman–Crippen MR) is 113 cm³/mol. The molecule has 160 valence electrons. The molecule has 0 aromatic heterocycles. The van der Waals surface area contributed by atoms with Crippen LogP contribution in [0.1, 0.15) is 24.2 Å². The van der Waals surface area contributed by atoms with Crippen LogP contribution < -0.4 is 10.1 Å². The van der Waals surface area contributed by atoms with E-state index in [1.807, 2.05) is 0 Å². The Morgan fingerprint density at radius 1 is 0.935 bits per heavy atom. The van der Waals surface area contributed by atoms with Crippen molar-refractivity contribution >= 4 is 17.6 Å². The topological polar surface area (TPSA) is 64.6 Å². The minimum atomic E-state index is -0.725. The molecule has 0 unspecified atom stereocenters. The molecule has 0 spiro atoms. The molecule has 7 heteroatoms. The van der Waals surface area contributed by atoms with Gasteiger partial charge in [-0.05, 0) is 61.4 Å². The number of halogens is 2. The summed E-state index contributed by atoms with van der Waals surface area (Å²) in [5.41, 5.74) is 1.06. The Balaban J connectivity index is 1.79. The Bertz CT molecular complexity index is 1100. The number of rotatable bonds is 7. The summed E-state index contributed by atoms with van der Waals surface area (Å²) in [6, 6.07) is 16.2. The number of benzene rings is 3. The van der Waals surface area contributed by atoms with Crippen molar-refractivity contribution < 1.29 is 27.8 Å². The maximum atomic E-state index is 14.4. The monoisotopic (exact) mass is 425 g/mol. The Kier molecular flexibility index (Phi) is 6.97. The van der Waals surface area contributed by atoms with Crippen molar-refractivity contribution in [1.82, 2.24) is 0 Å². The maximum absolute atomic E-state index is 14.4. The molecule has 0 aliphatic carbocycles. The SMILES string of the molecule is CC(C)OC(=O)COc1ccccc1NC(=O)c1cc(-c2cccc(F)c2)ccc1F. The molecule has 31 heavy (non-hydrogen) atoms. The number of anilines is 1. The fourth-order valence-corrected chi connectivity index (χ4v) is 2.87. The zero-order valence-corrected chi connectivity index (χ0v) is 17.0. The lowest BCUT2D eigenvalue weighted by molar-refractivity contribution is -0.149. The first-order chi connectivity index (χ1) is 14.8. The molecular weight excluding hydrogens is 404 g/mol. The summed E-state index contributed by atoms with van der Waals surface area (Å²) >= 11 is 0. The normalized spacial score (nSPS) is 10.6. The lowest BCUT2D eigenvalue weighted by atomic mass is 10.0. The number of ether oxygens (including phenoxy) is 2. The molecule has 3 rings (SSSR count). The molecule has 0 fully saturated rings. The van der Waals surface area contributed by atoms with Crippen LogP contribution in [0.25, 0.3) is 11.1 Å². The molecule has 1 amide bonds. The Hall–Kier alpha value is -3.74. The molecule has 3 aromatic rings. The second kappa shape index (κ2) is 9.84. The van der Waals surface area contributed by atoms with E-state index in [0.717, 1.165) is 6.07 Å². The molecule has 5 nitrogen and oxygen atoms in total. The van der Waals surface area contributed by atoms with Crippen LogP contribution in [0.2, 0.25) is 0 Å². The molecule has 0 heterocycles. The van der Waals surface area contributed by atoms with E-state index in [9.17, 15) is 18.4 Å². The third-order valence-corrected chi connectivity index (χ3v) is 4.22. The average molecular weight is 425 g/mol. The standard InChI is InChI=1S/C24H21F2NO4/c1-15(2)31-23(28)14-30-22-9-4-3-8-21(22)27-24(29)19-13-17(10-11-20(19)26)16-6-5-7-18(25)12-16/h3-13,15H,14H2,1-2H3,(H,27,29). The van der Waals surface area contributed by atoms with Crippen molar-refractivity contribution in [3.63, 3.8) is 0 Å². The van der Waals surface area contributed by atoms with E-state index in [1.165, 1.54) is 30.3 Å². The van der Waals surface area contributed by atoms with Gasteiger partial charge in [0.15, 0.2) is 6.61 Å². The van der Waals surface area contributed by atoms with Crippen LogP contribution in [0.15, 0.2) is 66.7 Å². The first-order valence-corrected chi connectivity index (χ1v) is 9.61. The van der Waals surface area contributed by atoms with Gasteiger partial charge in [0.25, 0.3) is 5.91 Å². The minimum Gasteiger partial charge on any atom is -0.480 e. The molecule has 0 radical (unpaired) electrons. The van der Waals surface area contributed by atoms with Gasteiger partial charge in [-0.3, -0.25) is 4.79 Å². The number of carbonyl (C=O) groups excluding carboxylic acids is 2. The molecule has 0 saturated carbocycles.